The molecule has 9 rings (SSSR count). The summed E-state index contributed by atoms with van der Waals surface area (Å²) in [6, 6.07) is 12.2. The summed E-state index contributed by atoms with van der Waals surface area (Å²) in [4.78, 5) is 21.6. The van der Waals surface area contributed by atoms with Crippen LogP contribution in [0.5, 0.6) is 5.75 Å². The van der Waals surface area contributed by atoms with Crippen LogP contribution in [-0.4, -0.2) is 114 Å². The number of hydrogen-bond donors (Lipinski definition) is 1. The quantitative estimate of drug-likeness (QED) is 0.341. The van der Waals surface area contributed by atoms with Crippen LogP contribution >= 0.6 is 11.6 Å². The maximum Gasteiger partial charge on any atom is 0.264 e. The average Bonchev–Trinajstić information content (AvgIpc) is 3.31. The SMILES string of the molecule is CO[C@@]1(CN2CCN3CCOC[C@@H]3C2)/C=C\C[C@H](C)[C@@H](CC2CCC2)S(=O)(=O)NC(=O)c2ccc3c(c2)N(C[C@@H]2CC[C@H]21)C[C@@]1(CCCc2cc(Cl)ccc21)CO3. The van der Waals surface area contributed by atoms with Crippen LogP contribution in [0.25, 0.3) is 0 Å². The molecule has 1 N–H and O–H groups in total. The van der Waals surface area contributed by atoms with Gasteiger partial charge in [0.1, 0.15) is 11.4 Å². The van der Waals surface area contributed by atoms with Crippen molar-refractivity contribution in [1.29, 1.82) is 0 Å². The Kier molecular flexibility index (Phi) is 11.2. The predicted molar refractivity (Wildman–Crippen MR) is 224 cm³/mol. The van der Waals surface area contributed by atoms with Gasteiger partial charge in [-0.3, -0.25) is 14.6 Å². The van der Waals surface area contributed by atoms with Crippen LogP contribution in [0.1, 0.15) is 86.2 Å². The average molecular weight is 822 g/mol. The minimum atomic E-state index is -3.99. The number of benzene rings is 2. The molecular formula is C45H61ClN4O6S. The molecule has 12 heteroatoms. The Morgan fingerprint density at radius 3 is 2.70 bits per heavy atom. The number of sulfonamides is 1. The minimum Gasteiger partial charge on any atom is -0.490 e. The smallest absolute Gasteiger partial charge is 0.264 e. The number of methoxy groups -OCH3 is 1. The number of fused-ring (bicyclic) bond motifs is 5. The fourth-order valence-electron chi connectivity index (χ4n) is 11.5. The lowest BCUT2D eigenvalue weighted by atomic mass is 9.63. The first-order valence-electron chi connectivity index (χ1n) is 21.7. The van der Waals surface area contributed by atoms with Crippen molar-refractivity contribution < 1.29 is 27.4 Å². The molecule has 4 heterocycles. The maximum absolute atomic E-state index is 14.3. The Morgan fingerprint density at radius 1 is 1.04 bits per heavy atom. The van der Waals surface area contributed by atoms with Crippen molar-refractivity contribution in [1.82, 2.24) is 14.5 Å². The monoisotopic (exact) mass is 820 g/mol. The molecule has 0 aromatic heterocycles. The lowest BCUT2D eigenvalue weighted by Gasteiger charge is -2.53. The number of anilines is 1. The van der Waals surface area contributed by atoms with Gasteiger partial charge in [-0.2, -0.15) is 0 Å². The molecule has 4 fully saturated rings. The number of ether oxygens (including phenoxy) is 3. The largest absolute Gasteiger partial charge is 0.490 e. The van der Waals surface area contributed by atoms with Crippen LogP contribution in [0, 0.1) is 23.7 Å². The number of piperazine rings is 1. The van der Waals surface area contributed by atoms with E-state index in [9.17, 15) is 13.2 Å². The summed E-state index contributed by atoms with van der Waals surface area (Å²) in [5, 5.41) is 0.0692. The fourth-order valence-corrected chi connectivity index (χ4v) is 13.4. The van der Waals surface area contributed by atoms with Crippen molar-refractivity contribution in [3.05, 3.63) is 70.3 Å². The van der Waals surface area contributed by atoms with Crippen molar-refractivity contribution >= 4 is 33.2 Å². The Morgan fingerprint density at radius 2 is 1.91 bits per heavy atom. The zero-order valence-electron chi connectivity index (χ0n) is 33.8. The number of hydrogen-bond acceptors (Lipinski definition) is 9. The number of halogens is 1. The Hall–Kier alpha value is -2.67. The Labute approximate surface area is 344 Å². The predicted octanol–water partition coefficient (Wildman–Crippen LogP) is 6.46. The van der Waals surface area contributed by atoms with E-state index in [1.165, 1.54) is 11.1 Å². The van der Waals surface area contributed by atoms with E-state index in [2.05, 4.69) is 43.7 Å². The molecular weight excluding hydrogens is 760 g/mol. The third-order valence-corrected chi connectivity index (χ3v) is 17.3. The zero-order valence-corrected chi connectivity index (χ0v) is 35.4. The van der Waals surface area contributed by atoms with Crippen LogP contribution in [0.3, 0.4) is 0 Å². The van der Waals surface area contributed by atoms with Gasteiger partial charge in [-0.15, -0.1) is 0 Å². The van der Waals surface area contributed by atoms with E-state index < -0.39 is 26.8 Å². The first kappa shape index (κ1) is 39.8. The van der Waals surface area contributed by atoms with E-state index in [0.29, 0.717) is 42.9 Å². The highest BCUT2D eigenvalue weighted by molar-refractivity contribution is 7.90. The van der Waals surface area contributed by atoms with Gasteiger partial charge < -0.3 is 19.1 Å². The molecule has 3 aliphatic carbocycles. The van der Waals surface area contributed by atoms with Gasteiger partial charge in [-0.25, -0.2) is 13.1 Å². The number of amides is 1. The molecule has 2 saturated carbocycles. The summed E-state index contributed by atoms with van der Waals surface area (Å²) in [6.45, 7) is 10.3. The number of allylic oxidation sites excluding steroid dienone is 1. The summed E-state index contributed by atoms with van der Waals surface area (Å²) in [7, 11) is -2.12. The molecule has 4 aliphatic heterocycles. The number of nitrogens with one attached hydrogen (secondary N) is 1. The fraction of sp³-hybridized carbons (Fsp3) is 0.667. The molecule has 310 valence electrons. The molecule has 10 nitrogen and oxygen atoms in total. The highest BCUT2D eigenvalue weighted by Crippen LogP contribution is 2.49. The molecule has 1 amide bonds. The van der Waals surface area contributed by atoms with E-state index >= 15 is 0 Å². The lowest BCUT2D eigenvalue weighted by Crippen LogP contribution is -2.62. The standard InChI is InChI=1S/C45H61ClN4O6S/c1-31-6-4-17-45(54-2,29-48-18-19-49-20-21-55-27-37(49)26-48)39-13-10-35(39)25-50-28-44(16-5-9-33-23-36(46)12-14-38(33)44)30-56-41-15-11-34(24-40(41)50)43(51)47-57(52,53)42(31)22-32-7-3-8-32/h4,11-12,14-15,17,23-24,31-32,35,37,39,42H,3,5-10,13,16,18-22,25-30H2,1-2H3,(H,47,51)/b17-4-/t31-,35-,37-,39+,42+,44-,45+/m0/s1. The van der Waals surface area contributed by atoms with Crippen LogP contribution < -0.4 is 14.4 Å². The first-order chi connectivity index (χ1) is 27.5. The molecule has 2 aromatic carbocycles. The second-order valence-electron chi connectivity index (χ2n) is 18.6. The molecule has 7 aliphatic rings. The van der Waals surface area contributed by atoms with Crippen LogP contribution in [-0.2, 0) is 31.3 Å². The number of morpholine rings is 1. The van der Waals surface area contributed by atoms with Crippen molar-refractivity contribution in [2.45, 2.75) is 93.4 Å². The van der Waals surface area contributed by atoms with Crippen molar-refractivity contribution in [2.24, 2.45) is 23.7 Å². The van der Waals surface area contributed by atoms with E-state index in [1.807, 2.05) is 32.2 Å². The number of nitrogens with zero attached hydrogens (tertiary/aromatic N) is 3. The molecule has 2 aromatic rings. The molecule has 2 saturated heterocycles. The van der Waals surface area contributed by atoms with E-state index in [0.717, 1.165) is 127 Å². The van der Waals surface area contributed by atoms with Crippen LogP contribution in [0.4, 0.5) is 5.69 Å². The van der Waals surface area contributed by atoms with Crippen molar-refractivity contribution in [3.8, 4) is 5.75 Å². The summed E-state index contributed by atoms with van der Waals surface area (Å²) < 4.78 is 50.7. The molecule has 2 bridgehead atoms. The van der Waals surface area contributed by atoms with E-state index in [1.54, 1.807) is 6.07 Å². The number of rotatable bonds is 5. The molecule has 57 heavy (non-hydrogen) atoms. The van der Waals surface area contributed by atoms with Gasteiger partial charge in [-0.05, 0) is 110 Å². The number of carbonyl (C=O) groups excluding carboxylic acids is 1. The maximum atomic E-state index is 14.3. The summed E-state index contributed by atoms with van der Waals surface area (Å²) in [5.41, 5.74) is 2.94. The van der Waals surface area contributed by atoms with Gasteiger partial charge in [0, 0.05) is 75.0 Å². The van der Waals surface area contributed by atoms with Crippen molar-refractivity contribution in [2.75, 3.05) is 77.6 Å². The Balaban J connectivity index is 1.11. The summed E-state index contributed by atoms with van der Waals surface area (Å²) >= 11 is 6.54. The third kappa shape index (κ3) is 7.79. The molecule has 1 spiro atoms. The number of carbonyl (C=O) groups is 1. The van der Waals surface area contributed by atoms with Gasteiger partial charge in [0.15, 0.2) is 0 Å². The second-order valence-corrected chi connectivity index (χ2v) is 20.9. The van der Waals surface area contributed by atoms with Gasteiger partial charge in [0.05, 0.1) is 30.8 Å². The van der Waals surface area contributed by atoms with E-state index in [4.69, 9.17) is 25.8 Å². The van der Waals surface area contributed by atoms with Crippen LogP contribution in [0.2, 0.25) is 5.02 Å². The second kappa shape index (κ2) is 16.1. The van der Waals surface area contributed by atoms with Gasteiger partial charge in [0.25, 0.3) is 5.91 Å². The normalized spacial score (nSPS) is 35.3. The highest BCUT2D eigenvalue weighted by Gasteiger charge is 2.50. The number of aryl methyl sites for hydroxylation is 1. The van der Waals surface area contributed by atoms with Crippen molar-refractivity contribution in [3.63, 3.8) is 0 Å². The van der Waals surface area contributed by atoms with Crippen LogP contribution in [0.15, 0.2) is 48.6 Å². The Bertz CT molecular complexity index is 1960. The minimum absolute atomic E-state index is 0.185. The summed E-state index contributed by atoms with van der Waals surface area (Å²) in [6.07, 6.45) is 14.0. The first-order valence-corrected chi connectivity index (χ1v) is 23.6. The zero-order chi connectivity index (χ0) is 39.4. The lowest BCUT2D eigenvalue weighted by molar-refractivity contribution is -0.108. The van der Waals surface area contributed by atoms with Gasteiger partial charge >= 0.3 is 0 Å². The third-order valence-electron chi connectivity index (χ3n) is 15.1. The summed E-state index contributed by atoms with van der Waals surface area (Å²) in [5.74, 6) is 0.915. The van der Waals surface area contributed by atoms with E-state index in [-0.39, 0.29) is 17.3 Å². The molecule has 0 radical (unpaired) electrons. The topological polar surface area (TPSA) is 101 Å². The van der Waals surface area contributed by atoms with Gasteiger partial charge in [0.2, 0.25) is 10.0 Å². The molecule has 7 atom stereocenters. The highest BCUT2D eigenvalue weighted by atomic mass is 35.5. The molecule has 0 unspecified atom stereocenters. The van der Waals surface area contributed by atoms with Gasteiger partial charge in [-0.1, -0.05) is 56.0 Å².